The number of amides is 2. The number of carbonyl (C=O) groups excluding carboxylic acids is 3. The Labute approximate surface area is 152 Å². The van der Waals surface area contributed by atoms with Gasteiger partial charge in [-0.15, -0.1) is 0 Å². The SMILES string of the molecule is COC(=O)[C@@H](Cc1ccccc1C)NC(=O)c1ccc(NC(C)=O)cc1. The second-order valence-electron chi connectivity index (χ2n) is 5.94. The van der Waals surface area contributed by atoms with Crippen LogP contribution in [0.5, 0.6) is 0 Å². The van der Waals surface area contributed by atoms with Crippen molar-refractivity contribution in [2.45, 2.75) is 26.3 Å². The van der Waals surface area contributed by atoms with Crippen molar-refractivity contribution in [3.05, 3.63) is 65.2 Å². The summed E-state index contributed by atoms with van der Waals surface area (Å²) in [4.78, 5) is 35.6. The molecule has 0 bridgehead atoms. The summed E-state index contributed by atoms with van der Waals surface area (Å²) in [5.41, 5.74) is 2.98. The minimum absolute atomic E-state index is 0.189. The molecule has 2 N–H and O–H groups in total. The molecule has 6 nitrogen and oxygen atoms in total. The van der Waals surface area contributed by atoms with Crippen LogP contribution in [0.3, 0.4) is 0 Å². The third-order valence-corrected chi connectivity index (χ3v) is 3.94. The van der Waals surface area contributed by atoms with Crippen LogP contribution in [0.4, 0.5) is 5.69 Å². The number of methoxy groups -OCH3 is 1. The lowest BCUT2D eigenvalue weighted by atomic mass is 10.0. The molecule has 0 saturated heterocycles. The maximum absolute atomic E-state index is 12.5. The van der Waals surface area contributed by atoms with Crippen LogP contribution >= 0.6 is 0 Å². The summed E-state index contributed by atoms with van der Waals surface area (Å²) in [5.74, 6) is -1.08. The Balaban J connectivity index is 2.12. The van der Waals surface area contributed by atoms with Gasteiger partial charge in [0.15, 0.2) is 0 Å². The average Bonchev–Trinajstić information content (AvgIpc) is 2.62. The molecule has 0 aromatic heterocycles. The van der Waals surface area contributed by atoms with E-state index in [1.807, 2.05) is 31.2 Å². The van der Waals surface area contributed by atoms with E-state index in [9.17, 15) is 14.4 Å². The van der Waals surface area contributed by atoms with Gasteiger partial charge in [0.25, 0.3) is 5.91 Å². The Hall–Kier alpha value is -3.15. The van der Waals surface area contributed by atoms with E-state index in [4.69, 9.17) is 4.74 Å². The monoisotopic (exact) mass is 354 g/mol. The highest BCUT2D eigenvalue weighted by Crippen LogP contribution is 2.13. The molecule has 0 heterocycles. The summed E-state index contributed by atoms with van der Waals surface area (Å²) in [5, 5.41) is 5.35. The maximum Gasteiger partial charge on any atom is 0.328 e. The minimum Gasteiger partial charge on any atom is -0.467 e. The number of nitrogens with one attached hydrogen (secondary N) is 2. The van der Waals surface area contributed by atoms with Gasteiger partial charge in [-0.2, -0.15) is 0 Å². The van der Waals surface area contributed by atoms with E-state index < -0.39 is 12.0 Å². The summed E-state index contributed by atoms with van der Waals surface area (Å²) in [6, 6.07) is 13.3. The fourth-order valence-electron chi connectivity index (χ4n) is 2.54. The predicted octanol–water partition coefficient (Wildman–Crippen LogP) is 2.47. The van der Waals surface area contributed by atoms with Crippen LogP contribution in [-0.4, -0.2) is 30.9 Å². The zero-order valence-corrected chi connectivity index (χ0v) is 15.0. The quantitative estimate of drug-likeness (QED) is 0.781. The first kappa shape index (κ1) is 19.2. The Bertz CT molecular complexity index is 800. The molecule has 2 rings (SSSR count). The van der Waals surface area contributed by atoms with Crippen LogP contribution in [-0.2, 0) is 20.7 Å². The lowest BCUT2D eigenvalue weighted by Gasteiger charge is -2.18. The van der Waals surface area contributed by atoms with Gasteiger partial charge in [0.2, 0.25) is 5.91 Å². The van der Waals surface area contributed by atoms with Crippen LogP contribution in [0, 0.1) is 6.92 Å². The third-order valence-electron chi connectivity index (χ3n) is 3.94. The lowest BCUT2D eigenvalue weighted by Crippen LogP contribution is -2.43. The average molecular weight is 354 g/mol. The van der Waals surface area contributed by atoms with Crippen LogP contribution in [0.15, 0.2) is 48.5 Å². The number of benzene rings is 2. The fourth-order valence-corrected chi connectivity index (χ4v) is 2.54. The van der Waals surface area contributed by atoms with Gasteiger partial charge in [-0.3, -0.25) is 9.59 Å². The molecule has 1 atom stereocenters. The highest BCUT2D eigenvalue weighted by molar-refractivity contribution is 5.97. The first-order chi connectivity index (χ1) is 12.4. The first-order valence-corrected chi connectivity index (χ1v) is 8.21. The number of hydrogen-bond acceptors (Lipinski definition) is 4. The van der Waals surface area contributed by atoms with E-state index in [0.717, 1.165) is 11.1 Å². The van der Waals surface area contributed by atoms with Gasteiger partial charge in [0.1, 0.15) is 6.04 Å². The maximum atomic E-state index is 12.5. The van der Waals surface area contributed by atoms with Crippen molar-refractivity contribution in [2.24, 2.45) is 0 Å². The van der Waals surface area contributed by atoms with Gasteiger partial charge >= 0.3 is 5.97 Å². The molecule has 0 aliphatic carbocycles. The molecule has 0 aliphatic heterocycles. The molecule has 0 saturated carbocycles. The zero-order chi connectivity index (χ0) is 19.1. The predicted molar refractivity (Wildman–Crippen MR) is 98.9 cm³/mol. The molecular formula is C20H22N2O4. The van der Waals surface area contributed by atoms with Crippen LogP contribution in [0.1, 0.15) is 28.4 Å². The Kier molecular flexibility index (Phi) is 6.49. The number of aryl methyl sites for hydroxylation is 1. The Morgan fingerprint density at radius 1 is 1.04 bits per heavy atom. The molecule has 26 heavy (non-hydrogen) atoms. The van der Waals surface area contributed by atoms with Gasteiger partial charge < -0.3 is 15.4 Å². The largest absolute Gasteiger partial charge is 0.467 e. The summed E-state index contributed by atoms with van der Waals surface area (Å²) in [6.07, 6.45) is 0.342. The van der Waals surface area contributed by atoms with Gasteiger partial charge in [0.05, 0.1) is 7.11 Å². The summed E-state index contributed by atoms with van der Waals surface area (Å²) in [7, 11) is 1.29. The van der Waals surface area contributed by atoms with E-state index in [2.05, 4.69) is 10.6 Å². The standard InChI is InChI=1S/C20H22N2O4/c1-13-6-4-5-7-16(13)12-18(20(25)26-3)22-19(24)15-8-10-17(11-9-15)21-14(2)23/h4-11,18H,12H2,1-3H3,(H,21,23)(H,22,24)/t18-/m1/s1. The Morgan fingerprint density at radius 3 is 2.27 bits per heavy atom. The van der Waals surface area contributed by atoms with Crippen molar-refractivity contribution in [1.29, 1.82) is 0 Å². The van der Waals surface area contributed by atoms with Crippen LogP contribution in [0.25, 0.3) is 0 Å². The van der Waals surface area contributed by atoms with Gasteiger partial charge in [0, 0.05) is 24.6 Å². The summed E-state index contributed by atoms with van der Waals surface area (Å²) < 4.78 is 4.82. The Morgan fingerprint density at radius 2 is 1.69 bits per heavy atom. The molecule has 0 aliphatic rings. The number of ether oxygens (including phenoxy) is 1. The first-order valence-electron chi connectivity index (χ1n) is 8.21. The molecule has 0 spiro atoms. The zero-order valence-electron chi connectivity index (χ0n) is 15.0. The van der Waals surface area contributed by atoms with Crippen molar-refractivity contribution in [3.8, 4) is 0 Å². The molecule has 6 heteroatoms. The van der Waals surface area contributed by atoms with Gasteiger partial charge in [-0.25, -0.2) is 4.79 Å². The van der Waals surface area contributed by atoms with Crippen molar-refractivity contribution < 1.29 is 19.1 Å². The normalized spacial score (nSPS) is 11.3. The van der Waals surface area contributed by atoms with E-state index in [0.29, 0.717) is 17.7 Å². The van der Waals surface area contributed by atoms with Gasteiger partial charge in [-0.1, -0.05) is 24.3 Å². The fraction of sp³-hybridized carbons (Fsp3) is 0.250. The minimum atomic E-state index is -0.788. The number of anilines is 1. The molecule has 0 radical (unpaired) electrons. The second kappa shape index (κ2) is 8.80. The lowest BCUT2D eigenvalue weighted by molar-refractivity contribution is -0.142. The van der Waals surface area contributed by atoms with Crippen molar-refractivity contribution in [2.75, 3.05) is 12.4 Å². The molecular weight excluding hydrogens is 332 g/mol. The summed E-state index contributed by atoms with van der Waals surface area (Å²) >= 11 is 0. The number of rotatable bonds is 6. The third kappa shape index (κ3) is 5.17. The molecule has 0 unspecified atom stereocenters. The van der Waals surface area contributed by atoms with Gasteiger partial charge in [-0.05, 0) is 42.3 Å². The van der Waals surface area contributed by atoms with Crippen LogP contribution < -0.4 is 10.6 Å². The second-order valence-corrected chi connectivity index (χ2v) is 5.94. The van der Waals surface area contributed by atoms with Crippen molar-refractivity contribution in [1.82, 2.24) is 5.32 Å². The molecule has 136 valence electrons. The van der Waals surface area contributed by atoms with Crippen molar-refractivity contribution >= 4 is 23.5 Å². The van der Waals surface area contributed by atoms with E-state index in [1.54, 1.807) is 24.3 Å². The summed E-state index contributed by atoms with van der Waals surface area (Å²) in [6.45, 7) is 3.36. The number of hydrogen-bond donors (Lipinski definition) is 2. The topological polar surface area (TPSA) is 84.5 Å². The van der Waals surface area contributed by atoms with Crippen LogP contribution in [0.2, 0.25) is 0 Å². The molecule has 0 fully saturated rings. The number of esters is 1. The molecule has 2 aromatic carbocycles. The molecule has 2 amide bonds. The van der Waals surface area contributed by atoms with E-state index in [1.165, 1.54) is 14.0 Å². The molecule has 2 aromatic rings. The van der Waals surface area contributed by atoms with E-state index >= 15 is 0 Å². The number of carbonyl (C=O) groups is 3. The van der Waals surface area contributed by atoms with E-state index in [-0.39, 0.29) is 11.8 Å². The highest BCUT2D eigenvalue weighted by Gasteiger charge is 2.23. The van der Waals surface area contributed by atoms with Crippen molar-refractivity contribution in [3.63, 3.8) is 0 Å². The highest BCUT2D eigenvalue weighted by atomic mass is 16.5. The smallest absolute Gasteiger partial charge is 0.328 e.